The minimum Gasteiger partial charge on any atom is -0.508 e. The van der Waals surface area contributed by atoms with E-state index in [0.717, 1.165) is 0 Å². The van der Waals surface area contributed by atoms with E-state index in [0.29, 0.717) is 18.2 Å². The Morgan fingerprint density at radius 3 is 2.03 bits per heavy atom. The van der Waals surface area contributed by atoms with Crippen LogP contribution in [0.3, 0.4) is 0 Å². The first kappa shape index (κ1) is 24.3. The Bertz CT molecular complexity index is 1070. The Morgan fingerprint density at radius 2 is 1.50 bits per heavy atom. The number of carboxylic acids is 2. The molecule has 0 amide bonds. The maximum absolute atomic E-state index is 11.1. The maximum atomic E-state index is 11.1. The van der Waals surface area contributed by atoms with Crippen molar-refractivity contribution in [2.75, 3.05) is 0 Å². The number of rotatable bonds is 8. The summed E-state index contributed by atoms with van der Waals surface area (Å²) in [5, 5.41) is 88.7. The number of phenols is 5. The quantitative estimate of drug-likeness (QED) is 0.202. The van der Waals surface area contributed by atoms with E-state index in [1.165, 1.54) is 0 Å². The van der Waals surface area contributed by atoms with Gasteiger partial charge in [0, 0.05) is 30.2 Å². The molecule has 2 atom stereocenters. The molecular weight excluding hydrogens is 436 g/mol. The number of aliphatic carboxylic acids is 2. The number of nitrogens with two attached hydrogens (primary N) is 2. The molecule has 0 spiro atoms. The van der Waals surface area contributed by atoms with Crippen LogP contribution >= 0.6 is 0 Å². The third-order valence-electron chi connectivity index (χ3n) is 4.40. The van der Waals surface area contributed by atoms with Gasteiger partial charge < -0.3 is 62.2 Å². The number of hydrogen-bond acceptors (Lipinski definition) is 12. The molecule has 2 aromatic carbocycles. The van der Waals surface area contributed by atoms with Gasteiger partial charge in [0.25, 0.3) is 0 Å². The number of ether oxygens (including phenoxy) is 1. The fourth-order valence-electron chi connectivity index (χ4n) is 2.75. The summed E-state index contributed by atoms with van der Waals surface area (Å²) in [5.41, 5.74) is 9.11. The molecule has 0 heterocycles. The van der Waals surface area contributed by atoms with Crippen molar-refractivity contribution in [2.45, 2.75) is 24.3 Å². The zero-order chi connectivity index (χ0) is 24.5. The molecule has 0 aliphatic rings. The molecule has 14 nitrogen and oxygen atoms in total. The standard InChI is InChI=1S/C18H20N2O12/c19-7(16(26)27)3-6-8(22)4-10(24)14(13(6)25)32-11-2-5(21)1-9(23)12(11)18(30,31)15(20)17(28)29/h1-2,4,7,15,21-25,30-31H,3,19-20H2,(H,26,27)(H,28,29). The molecule has 2 rings (SSSR count). The highest BCUT2D eigenvalue weighted by atomic mass is 16.5. The number of hydrogen-bond donors (Lipinski definition) is 11. The lowest BCUT2D eigenvalue weighted by molar-refractivity contribution is -0.198. The third-order valence-corrected chi connectivity index (χ3v) is 4.40. The summed E-state index contributed by atoms with van der Waals surface area (Å²) >= 11 is 0. The van der Waals surface area contributed by atoms with E-state index in [4.69, 9.17) is 26.4 Å². The molecule has 13 N–H and O–H groups in total. The van der Waals surface area contributed by atoms with Gasteiger partial charge in [0.05, 0.1) is 5.56 Å². The SMILES string of the molecule is NC(Cc1c(O)cc(O)c(Oc2cc(O)cc(O)c2C(O)(O)C(N)C(=O)O)c1O)C(=O)O. The second-order valence-corrected chi connectivity index (χ2v) is 6.70. The van der Waals surface area contributed by atoms with Gasteiger partial charge in [-0.25, -0.2) is 0 Å². The van der Waals surface area contributed by atoms with Gasteiger partial charge >= 0.3 is 11.9 Å². The van der Waals surface area contributed by atoms with Crippen LogP contribution in [0.25, 0.3) is 0 Å². The molecule has 2 unspecified atom stereocenters. The van der Waals surface area contributed by atoms with Crippen molar-refractivity contribution in [3.8, 4) is 40.2 Å². The number of aliphatic hydroxyl groups is 2. The zero-order valence-corrected chi connectivity index (χ0v) is 16.0. The fourth-order valence-corrected chi connectivity index (χ4v) is 2.75. The van der Waals surface area contributed by atoms with E-state index in [9.17, 15) is 45.3 Å². The lowest BCUT2D eigenvalue weighted by Crippen LogP contribution is -2.50. The molecule has 2 aromatic rings. The molecule has 0 aliphatic heterocycles. The van der Waals surface area contributed by atoms with Gasteiger partial charge in [-0.15, -0.1) is 0 Å². The van der Waals surface area contributed by atoms with Crippen LogP contribution in [0.15, 0.2) is 18.2 Å². The Morgan fingerprint density at radius 1 is 0.906 bits per heavy atom. The van der Waals surface area contributed by atoms with Gasteiger partial charge in [-0.1, -0.05) is 0 Å². The molecule has 14 heteroatoms. The highest BCUT2D eigenvalue weighted by molar-refractivity contribution is 5.76. The molecule has 32 heavy (non-hydrogen) atoms. The molecule has 0 aromatic heterocycles. The molecule has 0 aliphatic carbocycles. The smallest absolute Gasteiger partial charge is 0.326 e. The lowest BCUT2D eigenvalue weighted by Gasteiger charge is -2.28. The second kappa shape index (κ2) is 8.64. The number of carboxylic acid groups (broad SMARTS) is 2. The van der Waals surface area contributed by atoms with Gasteiger partial charge in [0.2, 0.25) is 11.5 Å². The Hall–Kier alpha value is -3.98. The topological polar surface area (TPSA) is 277 Å². The Balaban J connectivity index is 2.68. The summed E-state index contributed by atoms with van der Waals surface area (Å²) in [6.45, 7) is 0. The highest BCUT2D eigenvalue weighted by Gasteiger charge is 2.44. The first-order valence-corrected chi connectivity index (χ1v) is 8.61. The van der Waals surface area contributed by atoms with Crippen molar-refractivity contribution < 1.29 is 60.3 Å². The molecule has 0 radical (unpaired) electrons. The Labute approximate surface area is 178 Å². The molecule has 174 valence electrons. The van der Waals surface area contributed by atoms with Crippen LogP contribution in [-0.4, -0.2) is 70.0 Å². The average Bonchev–Trinajstić information content (AvgIpc) is 2.66. The monoisotopic (exact) mass is 456 g/mol. The van der Waals surface area contributed by atoms with Crippen molar-refractivity contribution in [3.63, 3.8) is 0 Å². The van der Waals surface area contributed by atoms with Gasteiger partial charge in [-0.05, 0) is 0 Å². The van der Waals surface area contributed by atoms with E-state index in [1.54, 1.807) is 0 Å². The van der Waals surface area contributed by atoms with Gasteiger partial charge in [-0.3, -0.25) is 9.59 Å². The van der Waals surface area contributed by atoms with Crippen molar-refractivity contribution in [1.29, 1.82) is 0 Å². The van der Waals surface area contributed by atoms with Crippen LogP contribution in [0.1, 0.15) is 11.1 Å². The van der Waals surface area contributed by atoms with E-state index in [2.05, 4.69) is 0 Å². The third kappa shape index (κ3) is 4.52. The van der Waals surface area contributed by atoms with Crippen LogP contribution in [-0.2, 0) is 21.8 Å². The maximum Gasteiger partial charge on any atom is 0.326 e. The lowest BCUT2D eigenvalue weighted by atomic mass is 9.96. The average molecular weight is 456 g/mol. The molecule has 0 bridgehead atoms. The van der Waals surface area contributed by atoms with Crippen molar-refractivity contribution in [3.05, 3.63) is 29.3 Å². The summed E-state index contributed by atoms with van der Waals surface area (Å²) in [6, 6.07) is -2.09. The first-order chi connectivity index (χ1) is 14.7. The van der Waals surface area contributed by atoms with Crippen LogP contribution in [0.4, 0.5) is 0 Å². The largest absolute Gasteiger partial charge is 0.508 e. The minimum absolute atomic E-state index is 0.472. The minimum atomic E-state index is -3.48. The van der Waals surface area contributed by atoms with Crippen LogP contribution in [0.2, 0.25) is 0 Å². The number of benzene rings is 2. The van der Waals surface area contributed by atoms with Gasteiger partial charge in [0.1, 0.15) is 29.0 Å². The summed E-state index contributed by atoms with van der Waals surface area (Å²) < 4.78 is 5.20. The Kier molecular flexibility index (Phi) is 6.56. The molecular formula is C18H20N2O12. The van der Waals surface area contributed by atoms with Crippen LogP contribution < -0.4 is 16.2 Å². The van der Waals surface area contributed by atoms with Crippen LogP contribution in [0, 0.1) is 0 Å². The van der Waals surface area contributed by atoms with Crippen LogP contribution in [0.5, 0.6) is 40.2 Å². The summed E-state index contributed by atoms with van der Waals surface area (Å²) in [5.74, 6) is -13.1. The van der Waals surface area contributed by atoms with E-state index < -0.39 is 87.6 Å². The van der Waals surface area contributed by atoms with E-state index in [-0.39, 0.29) is 0 Å². The number of carbonyl (C=O) groups is 2. The van der Waals surface area contributed by atoms with Crippen molar-refractivity contribution in [2.24, 2.45) is 11.5 Å². The number of aromatic hydroxyl groups is 5. The van der Waals surface area contributed by atoms with Gasteiger partial charge in [0.15, 0.2) is 17.5 Å². The number of phenolic OH excluding ortho intramolecular Hbond substituents is 5. The molecule has 0 saturated heterocycles. The van der Waals surface area contributed by atoms with Crippen molar-refractivity contribution in [1.82, 2.24) is 0 Å². The highest BCUT2D eigenvalue weighted by Crippen LogP contribution is 2.49. The summed E-state index contributed by atoms with van der Waals surface area (Å²) in [4.78, 5) is 22.1. The first-order valence-electron chi connectivity index (χ1n) is 8.61. The second-order valence-electron chi connectivity index (χ2n) is 6.70. The fraction of sp³-hybridized carbons (Fsp3) is 0.222. The van der Waals surface area contributed by atoms with E-state index in [1.807, 2.05) is 0 Å². The molecule has 0 saturated carbocycles. The molecule has 0 fully saturated rings. The van der Waals surface area contributed by atoms with Gasteiger partial charge in [-0.2, -0.15) is 0 Å². The predicted octanol–water partition coefficient (Wildman–Crippen LogP) is -1.49. The van der Waals surface area contributed by atoms with Crippen molar-refractivity contribution >= 4 is 11.9 Å². The zero-order valence-electron chi connectivity index (χ0n) is 16.0. The van der Waals surface area contributed by atoms with E-state index >= 15 is 0 Å². The predicted molar refractivity (Wildman–Crippen MR) is 102 cm³/mol. The summed E-state index contributed by atoms with van der Waals surface area (Å²) in [6.07, 6.45) is -0.629. The normalized spacial score (nSPS) is 13.4. The summed E-state index contributed by atoms with van der Waals surface area (Å²) in [7, 11) is 0.